The molecule has 2 aliphatic rings. The fourth-order valence-corrected chi connectivity index (χ4v) is 3.89. The molecule has 1 atom stereocenters. The van der Waals surface area contributed by atoms with E-state index in [1.807, 2.05) is 11.8 Å². The molecule has 1 aromatic carbocycles. The number of aromatic nitrogens is 2. The van der Waals surface area contributed by atoms with Gasteiger partial charge in [-0.25, -0.2) is 0 Å². The van der Waals surface area contributed by atoms with Crippen molar-refractivity contribution in [2.45, 2.75) is 44.6 Å². The first-order chi connectivity index (χ1) is 12.8. The van der Waals surface area contributed by atoms with E-state index in [0.29, 0.717) is 24.4 Å². The topological polar surface area (TPSA) is 62.5 Å². The third-order valence-corrected chi connectivity index (χ3v) is 5.45. The molecule has 27 heavy (non-hydrogen) atoms. The van der Waals surface area contributed by atoms with E-state index in [-0.39, 0.29) is 17.4 Å². The van der Waals surface area contributed by atoms with Crippen LogP contribution < -0.4 is 0 Å². The monoisotopic (exact) mass is 380 g/mol. The predicted molar refractivity (Wildman–Crippen MR) is 89.1 cm³/mol. The summed E-state index contributed by atoms with van der Waals surface area (Å²) < 4.78 is 43.3. The largest absolute Gasteiger partial charge is 0.416 e. The van der Waals surface area contributed by atoms with Gasteiger partial charge >= 0.3 is 6.18 Å². The van der Waals surface area contributed by atoms with Crippen molar-refractivity contribution < 1.29 is 22.5 Å². The number of hydrogen-bond acceptors (Lipinski definition) is 5. The first-order valence-corrected chi connectivity index (χ1v) is 8.83. The Morgan fingerprint density at radius 1 is 1.22 bits per heavy atom. The average Bonchev–Trinajstić information content (AvgIpc) is 3.21. The third kappa shape index (κ3) is 3.20. The summed E-state index contributed by atoms with van der Waals surface area (Å²) in [5.74, 6) is 0.797. The number of carbonyl (C=O) groups excluding carboxylic acids is 1. The fraction of sp³-hybridized carbons (Fsp3) is 0.500. The lowest BCUT2D eigenvalue weighted by Gasteiger charge is -2.48. The molecule has 6 nitrogen and oxygen atoms in total. The van der Waals surface area contributed by atoms with Crippen molar-refractivity contribution in [1.82, 2.24) is 19.9 Å². The summed E-state index contributed by atoms with van der Waals surface area (Å²) in [6, 6.07) is 4.66. The fourth-order valence-electron chi connectivity index (χ4n) is 3.89. The van der Waals surface area contributed by atoms with Crippen LogP contribution in [0.1, 0.15) is 37.6 Å². The molecule has 144 valence electrons. The van der Waals surface area contributed by atoms with Crippen LogP contribution in [0.4, 0.5) is 13.2 Å². The van der Waals surface area contributed by atoms with Crippen LogP contribution in [-0.2, 0) is 17.5 Å². The first-order valence-electron chi connectivity index (χ1n) is 8.83. The Hall–Kier alpha value is -2.42. The normalized spacial score (nSPS) is 23.7. The minimum Gasteiger partial charge on any atom is -0.338 e. The maximum atomic E-state index is 12.7. The zero-order valence-electron chi connectivity index (χ0n) is 14.8. The molecule has 0 bridgehead atoms. The van der Waals surface area contributed by atoms with Crippen LogP contribution in [-0.4, -0.2) is 44.6 Å². The second-order valence-corrected chi connectivity index (χ2v) is 7.12. The van der Waals surface area contributed by atoms with E-state index in [2.05, 4.69) is 15.0 Å². The van der Waals surface area contributed by atoms with E-state index < -0.39 is 11.7 Å². The van der Waals surface area contributed by atoms with Crippen LogP contribution in [0.5, 0.6) is 0 Å². The van der Waals surface area contributed by atoms with E-state index in [9.17, 15) is 18.0 Å². The molecular weight excluding hydrogens is 361 g/mol. The van der Waals surface area contributed by atoms with Gasteiger partial charge in [0.25, 0.3) is 0 Å². The van der Waals surface area contributed by atoms with Gasteiger partial charge in [0.05, 0.1) is 17.8 Å². The van der Waals surface area contributed by atoms with Gasteiger partial charge in [-0.3, -0.25) is 9.69 Å². The highest BCUT2D eigenvalue weighted by atomic mass is 19.4. The average molecular weight is 380 g/mol. The summed E-state index contributed by atoms with van der Waals surface area (Å²) in [7, 11) is 0. The van der Waals surface area contributed by atoms with E-state index in [0.717, 1.165) is 38.1 Å². The van der Waals surface area contributed by atoms with Crippen molar-refractivity contribution in [3.63, 3.8) is 0 Å². The summed E-state index contributed by atoms with van der Waals surface area (Å²) >= 11 is 0. The SMILES string of the molecule is C[C@@]12CCC(=O)N1CCCN2Cc1nc(-c2ccc(C(F)(F)F)cc2)no1. The van der Waals surface area contributed by atoms with Crippen molar-refractivity contribution in [1.29, 1.82) is 0 Å². The highest BCUT2D eigenvalue weighted by Gasteiger charge is 2.48. The Bertz CT molecular complexity index is 849. The van der Waals surface area contributed by atoms with Gasteiger partial charge in [0.2, 0.25) is 17.6 Å². The minimum absolute atomic E-state index is 0.165. The molecule has 3 heterocycles. The van der Waals surface area contributed by atoms with Crippen molar-refractivity contribution in [2.75, 3.05) is 13.1 Å². The molecule has 0 saturated carbocycles. The molecule has 0 unspecified atom stereocenters. The molecular formula is C18H19F3N4O2. The summed E-state index contributed by atoms with van der Waals surface area (Å²) in [6.45, 7) is 4.02. The zero-order valence-corrected chi connectivity index (χ0v) is 14.8. The third-order valence-electron chi connectivity index (χ3n) is 5.45. The van der Waals surface area contributed by atoms with E-state index in [1.54, 1.807) is 0 Å². The second-order valence-electron chi connectivity index (χ2n) is 7.12. The van der Waals surface area contributed by atoms with Crippen LogP contribution in [0.15, 0.2) is 28.8 Å². The number of benzene rings is 1. The number of carbonyl (C=O) groups is 1. The van der Waals surface area contributed by atoms with Gasteiger partial charge in [0.15, 0.2) is 0 Å². The number of alkyl halides is 3. The van der Waals surface area contributed by atoms with E-state index in [4.69, 9.17) is 4.52 Å². The van der Waals surface area contributed by atoms with Gasteiger partial charge in [-0.2, -0.15) is 18.2 Å². The van der Waals surface area contributed by atoms with Crippen LogP contribution in [0.3, 0.4) is 0 Å². The van der Waals surface area contributed by atoms with Crippen LogP contribution in [0.25, 0.3) is 11.4 Å². The van der Waals surface area contributed by atoms with Crippen molar-refractivity contribution in [3.05, 3.63) is 35.7 Å². The lowest BCUT2D eigenvalue weighted by atomic mass is 10.0. The standard InChI is InChI=1S/C18H19F3N4O2/c1-17-8-7-15(26)25(17)10-2-9-24(17)11-14-22-16(23-27-14)12-3-5-13(6-4-12)18(19,20)21/h3-6H,2,7-11H2,1H3/t17-/m0/s1. The Kier molecular flexibility index (Phi) is 4.21. The molecule has 0 spiro atoms. The molecule has 2 aromatic rings. The Morgan fingerprint density at radius 2 is 1.96 bits per heavy atom. The first kappa shape index (κ1) is 18.0. The Labute approximate surface area is 153 Å². The van der Waals surface area contributed by atoms with Gasteiger partial charge in [0.1, 0.15) is 0 Å². The maximum Gasteiger partial charge on any atom is 0.416 e. The lowest BCUT2D eigenvalue weighted by molar-refractivity contribution is -0.142. The lowest BCUT2D eigenvalue weighted by Crippen LogP contribution is -2.60. The van der Waals surface area contributed by atoms with Crippen molar-refractivity contribution in [3.8, 4) is 11.4 Å². The predicted octanol–water partition coefficient (Wildman–Crippen LogP) is 3.30. The molecule has 0 radical (unpaired) electrons. The highest BCUT2D eigenvalue weighted by Crippen LogP contribution is 2.37. The number of fused-ring (bicyclic) bond motifs is 1. The summed E-state index contributed by atoms with van der Waals surface area (Å²) in [6.07, 6.45) is -2.21. The van der Waals surface area contributed by atoms with Gasteiger partial charge in [0, 0.05) is 25.1 Å². The molecule has 1 amide bonds. The molecule has 0 N–H and O–H groups in total. The van der Waals surface area contributed by atoms with Crippen LogP contribution in [0.2, 0.25) is 0 Å². The highest BCUT2D eigenvalue weighted by molar-refractivity contribution is 5.79. The molecule has 9 heteroatoms. The second kappa shape index (κ2) is 6.33. The molecule has 1 aromatic heterocycles. The number of hydrogen-bond donors (Lipinski definition) is 0. The Balaban J connectivity index is 1.51. The van der Waals surface area contributed by atoms with E-state index >= 15 is 0 Å². The van der Waals surface area contributed by atoms with Crippen LogP contribution >= 0.6 is 0 Å². The smallest absolute Gasteiger partial charge is 0.338 e. The van der Waals surface area contributed by atoms with Crippen molar-refractivity contribution >= 4 is 5.91 Å². The van der Waals surface area contributed by atoms with Crippen molar-refractivity contribution in [2.24, 2.45) is 0 Å². The summed E-state index contributed by atoms with van der Waals surface area (Å²) in [5, 5.41) is 3.89. The quantitative estimate of drug-likeness (QED) is 0.818. The molecule has 2 fully saturated rings. The molecule has 2 saturated heterocycles. The van der Waals surface area contributed by atoms with E-state index in [1.165, 1.54) is 12.1 Å². The summed E-state index contributed by atoms with van der Waals surface area (Å²) in [4.78, 5) is 20.5. The molecule has 4 rings (SSSR count). The number of amides is 1. The number of nitrogens with zero attached hydrogens (tertiary/aromatic N) is 4. The van der Waals surface area contributed by atoms with Gasteiger partial charge < -0.3 is 9.42 Å². The number of rotatable bonds is 3. The Morgan fingerprint density at radius 3 is 2.67 bits per heavy atom. The summed E-state index contributed by atoms with van der Waals surface area (Å²) in [5.41, 5.74) is -0.610. The molecule has 2 aliphatic heterocycles. The van der Waals surface area contributed by atoms with Gasteiger partial charge in [-0.15, -0.1) is 0 Å². The maximum absolute atomic E-state index is 12.7. The number of halogens is 3. The molecule has 0 aliphatic carbocycles. The minimum atomic E-state index is -4.38. The van der Waals surface area contributed by atoms with Gasteiger partial charge in [-0.1, -0.05) is 17.3 Å². The zero-order chi connectivity index (χ0) is 19.2. The van der Waals surface area contributed by atoms with Gasteiger partial charge in [-0.05, 0) is 31.9 Å². The van der Waals surface area contributed by atoms with Crippen LogP contribution in [0, 0.1) is 0 Å².